The van der Waals surface area contributed by atoms with Crippen LogP contribution >= 0.6 is 12.4 Å². The van der Waals surface area contributed by atoms with Gasteiger partial charge in [-0.1, -0.05) is 0 Å². The molecule has 0 bridgehead atoms. The molecular formula is C8H11ClN2O4. The Morgan fingerprint density at radius 2 is 2.33 bits per heavy atom. The minimum absolute atomic E-state index is 0. The number of nitrogens with one attached hydrogen (secondary N) is 1. The standard InChI is InChI=1S/C8H10N2O4.ClH/c11-10(12)8-2-1-7(14-8)6-5-13-4-3-9-6;/h1-2,6,9H,3-5H2;1H/t6-;/m1./s1. The van der Waals surface area contributed by atoms with Gasteiger partial charge in [0.15, 0.2) is 0 Å². The molecule has 0 aliphatic carbocycles. The van der Waals surface area contributed by atoms with Crippen LogP contribution in [0.2, 0.25) is 0 Å². The van der Waals surface area contributed by atoms with E-state index in [0.717, 1.165) is 6.54 Å². The van der Waals surface area contributed by atoms with Crippen LogP contribution in [-0.2, 0) is 4.74 Å². The fraction of sp³-hybridized carbons (Fsp3) is 0.500. The summed E-state index contributed by atoms with van der Waals surface area (Å²) in [7, 11) is 0. The number of nitro groups is 1. The molecule has 84 valence electrons. The van der Waals surface area contributed by atoms with Gasteiger partial charge in [-0.05, 0) is 6.07 Å². The van der Waals surface area contributed by atoms with E-state index >= 15 is 0 Å². The molecule has 1 aromatic rings. The Hall–Kier alpha value is -1.11. The SMILES string of the molecule is Cl.O=[N+]([O-])c1ccc([C@H]2COCCN2)o1. The van der Waals surface area contributed by atoms with Crippen molar-refractivity contribution in [1.82, 2.24) is 5.32 Å². The van der Waals surface area contributed by atoms with Crippen molar-refractivity contribution in [2.45, 2.75) is 6.04 Å². The van der Waals surface area contributed by atoms with E-state index in [9.17, 15) is 10.1 Å². The van der Waals surface area contributed by atoms with E-state index in [4.69, 9.17) is 9.15 Å². The molecule has 1 N–H and O–H groups in total. The monoisotopic (exact) mass is 234 g/mol. The van der Waals surface area contributed by atoms with Crippen LogP contribution in [0, 0.1) is 10.1 Å². The molecule has 1 fully saturated rings. The first-order valence-corrected chi connectivity index (χ1v) is 4.32. The van der Waals surface area contributed by atoms with Crippen LogP contribution in [0.15, 0.2) is 16.5 Å². The molecule has 0 aromatic carbocycles. The summed E-state index contributed by atoms with van der Waals surface area (Å²) in [6.07, 6.45) is 0. The number of hydrogen-bond donors (Lipinski definition) is 1. The fourth-order valence-electron chi connectivity index (χ4n) is 1.38. The third-order valence-electron chi connectivity index (χ3n) is 2.06. The first kappa shape index (κ1) is 12.0. The highest BCUT2D eigenvalue weighted by atomic mass is 35.5. The zero-order valence-electron chi connectivity index (χ0n) is 7.84. The van der Waals surface area contributed by atoms with Gasteiger partial charge in [-0.3, -0.25) is 10.1 Å². The molecular weight excluding hydrogens is 224 g/mol. The quantitative estimate of drug-likeness (QED) is 0.616. The molecule has 0 spiro atoms. The number of morpholine rings is 1. The lowest BCUT2D eigenvalue weighted by Gasteiger charge is -2.21. The van der Waals surface area contributed by atoms with Gasteiger partial charge in [0.1, 0.15) is 10.7 Å². The summed E-state index contributed by atoms with van der Waals surface area (Å²) in [6.45, 7) is 1.89. The third-order valence-corrected chi connectivity index (χ3v) is 2.06. The van der Waals surface area contributed by atoms with Crippen LogP contribution in [0.1, 0.15) is 11.8 Å². The zero-order valence-corrected chi connectivity index (χ0v) is 8.66. The lowest BCUT2D eigenvalue weighted by molar-refractivity contribution is -0.402. The number of nitrogens with zero attached hydrogens (tertiary/aromatic N) is 1. The van der Waals surface area contributed by atoms with Crippen molar-refractivity contribution < 1.29 is 14.1 Å². The van der Waals surface area contributed by atoms with Crippen molar-refractivity contribution in [3.63, 3.8) is 0 Å². The first-order chi connectivity index (χ1) is 6.77. The average Bonchev–Trinajstić information content (AvgIpc) is 2.68. The van der Waals surface area contributed by atoms with E-state index in [-0.39, 0.29) is 24.3 Å². The fourth-order valence-corrected chi connectivity index (χ4v) is 1.38. The average molecular weight is 235 g/mol. The van der Waals surface area contributed by atoms with Crippen LogP contribution in [-0.4, -0.2) is 24.7 Å². The normalized spacial score (nSPS) is 20.7. The number of ether oxygens (including phenoxy) is 1. The second kappa shape index (κ2) is 5.11. The summed E-state index contributed by atoms with van der Waals surface area (Å²) in [4.78, 5) is 9.81. The highest BCUT2D eigenvalue weighted by molar-refractivity contribution is 5.85. The van der Waals surface area contributed by atoms with Gasteiger partial charge in [0.25, 0.3) is 0 Å². The second-order valence-electron chi connectivity index (χ2n) is 3.01. The summed E-state index contributed by atoms with van der Waals surface area (Å²) in [5.41, 5.74) is 0. The summed E-state index contributed by atoms with van der Waals surface area (Å²) in [5, 5.41) is 13.5. The summed E-state index contributed by atoms with van der Waals surface area (Å²) in [5.74, 6) is 0.323. The van der Waals surface area contributed by atoms with Gasteiger partial charge in [0.2, 0.25) is 0 Å². The molecule has 1 aromatic heterocycles. The number of halogens is 1. The third kappa shape index (κ3) is 2.68. The number of rotatable bonds is 2. The van der Waals surface area contributed by atoms with Crippen molar-refractivity contribution in [3.05, 3.63) is 28.0 Å². The first-order valence-electron chi connectivity index (χ1n) is 4.32. The molecule has 1 saturated heterocycles. The van der Waals surface area contributed by atoms with Crippen molar-refractivity contribution in [1.29, 1.82) is 0 Å². The van der Waals surface area contributed by atoms with Crippen LogP contribution in [0.3, 0.4) is 0 Å². The van der Waals surface area contributed by atoms with Crippen LogP contribution in [0.4, 0.5) is 5.88 Å². The summed E-state index contributed by atoms with van der Waals surface area (Å²) in [6, 6.07) is 2.88. The van der Waals surface area contributed by atoms with Gasteiger partial charge in [-0.2, -0.15) is 0 Å². The zero-order chi connectivity index (χ0) is 9.97. The van der Waals surface area contributed by atoms with Gasteiger partial charge in [-0.15, -0.1) is 12.4 Å². The maximum atomic E-state index is 10.4. The maximum absolute atomic E-state index is 10.4. The lowest BCUT2D eigenvalue weighted by Crippen LogP contribution is -2.34. The second-order valence-corrected chi connectivity index (χ2v) is 3.01. The van der Waals surface area contributed by atoms with E-state index in [0.29, 0.717) is 19.0 Å². The van der Waals surface area contributed by atoms with Crippen molar-refractivity contribution in [3.8, 4) is 0 Å². The molecule has 2 heterocycles. The highest BCUT2D eigenvalue weighted by Crippen LogP contribution is 2.22. The molecule has 1 aliphatic heterocycles. The van der Waals surface area contributed by atoms with Crippen LogP contribution in [0.25, 0.3) is 0 Å². The van der Waals surface area contributed by atoms with E-state index in [1.165, 1.54) is 6.07 Å². The van der Waals surface area contributed by atoms with Crippen molar-refractivity contribution >= 4 is 18.3 Å². The predicted octanol–water partition coefficient (Wildman–Crippen LogP) is 1.27. The Labute approximate surface area is 92.1 Å². The Balaban J connectivity index is 0.00000112. The largest absolute Gasteiger partial charge is 0.433 e. The van der Waals surface area contributed by atoms with Gasteiger partial charge in [0.05, 0.1) is 25.3 Å². The molecule has 0 saturated carbocycles. The van der Waals surface area contributed by atoms with Crippen molar-refractivity contribution in [2.75, 3.05) is 19.8 Å². The number of furan rings is 1. The predicted molar refractivity (Wildman–Crippen MR) is 54.2 cm³/mol. The summed E-state index contributed by atoms with van der Waals surface area (Å²) < 4.78 is 10.3. The van der Waals surface area contributed by atoms with Gasteiger partial charge >= 0.3 is 5.88 Å². The smallest absolute Gasteiger partial charge is 0.404 e. The molecule has 2 rings (SSSR count). The maximum Gasteiger partial charge on any atom is 0.433 e. The molecule has 0 radical (unpaired) electrons. The van der Waals surface area contributed by atoms with E-state index in [2.05, 4.69) is 5.32 Å². The van der Waals surface area contributed by atoms with Crippen molar-refractivity contribution in [2.24, 2.45) is 0 Å². The molecule has 1 aliphatic rings. The minimum Gasteiger partial charge on any atom is -0.404 e. The van der Waals surface area contributed by atoms with Crippen LogP contribution < -0.4 is 5.32 Å². The molecule has 1 atom stereocenters. The topological polar surface area (TPSA) is 77.5 Å². The lowest BCUT2D eigenvalue weighted by atomic mass is 10.2. The summed E-state index contributed by atoms with van der Waals surface area (Å²) >= 11 is 0. The molecule has 15 heavy (non-hydrogen) atoms. The van der Waals surface area contributed by atoms with Gasteiger partial charge < -0.3 is 14.5 Å². The molecule has 0 amide bonds. The Morgan fingerprint density at radius 3 is 2.87 bits per heavy atom. The molecule has 7 heteroatoms. The molecule has 0 unspecified atom stereocenters. The molecule has 6 nitrogen and oxygen atoms in total. The van der Waals surface area contributed by atoms with Crippen LogP contribution in [0.5, 0.6) is 0 Å². The Morgan fingerprint density at radius 1 is 1.53 bits per heavy atom. The van der Waals surface area contributed by atoms with E-state index < -0.39 is 4.92 Å². The van der Waals surface area contributed by atoms with E-state index in [1.54, 1.807) is 6.07 Å². The van der Waals surface area contributed by atoms with Gasteiger partial charge in [-0.25, -0.2) is 0 Å². The number of hydrogen-bond acceptors (Lipinski definition) is 5. The van der Waals surface area contributed by atoms with E-state index in [1.807, 2.05) is 0 Å². The Kier molecular flexibility index (Phi) is 4.07. The van der Waals surface area contributed by atoms with Gasteiger partial charge in [0, 0.05) is 6.54 Å². The minimum atomic E-state index is -0.548. The Bertz CT molecular complexity index is 335. The highest BCUT2D eigenvalue weighted by Gasteiger charge is 2.21.